The van der Waals surface area contributed by atoms with Gasteiger partial charge in [0.2, 0.25) is 23.5 Å². The van der Waals surface area contributed by atoms with Gasteiger partial charge in [-0.3, -0.25) is 14.4 Å². The van der Waals surface area contributed by atoms with Crippen LogP contribution in [0.2, 0.25) is 0 Å². The van der Waals surface area contributed by atoms with Crippen molar-refractivity contribution < 1.29 is 43.4 Å². The Labute approximate surface area is 288 Å². The highest BCUT2D eigenvalue weighted by molar-refractivity contribution is 6.43. The number of benzene rings is 3. The Hall–Kier alpha value is -4.75. The Bertz CT molecular complexity index is 1540. The smallest absolute Gasteiger partial charge is 0.475 e. The number of para-hydroxylation sites is 1. The second-order valence-electron chi connectivity index (χ2n) is 12.4. The highest BCUT2D eigenvalue weighted by Crippen LogP contribution is 2.40. The summed E-state index contributed by atoms with van der Waals surface area (Å²) in [5, 5.41) is 28.0. The number of ether oxygens (including phenoxy) is 4. The molecule has 0 aliphatic carbocycles. The van der Waals surface area contributed by atoms with Gasteiger partial charge >= 0.3 is 7.12 Å². The molecule has 0 heterocycles. The minimum Gasteiger partial charge on any atom is -0.493 e. The Morgan fingerprint density at radius 3 is 2.02 bits per heavy atom. The quantitative estimate of drug-likeness (QED) is 0.127. The van der Waals surface area contributed by atoms with Gasteiger partial charge in [-0.05, 0) is 54.2 Å². The third-order valence-electron chi connectivity index (χ3n) is 7.76. The van der Waals surface area contributed by atoms with E-state index in [0.29, 0.717) is 46.3 Å². The summed E-state index contributed by atoms with van der Waals surface area (Å²) in [5.41, 5.74) is 1.21. The lowest BCUT2D eigenvalue weighted by molar-refractivity contribution is -0.132. The number of hydrogen-bond donors (Lipinski definition) is 5. The van der Waals surface area contributed by atoms with E-state index in [1.165, 1.54) is 21.3 Å². The highest BCUT2D eigenvalue weighted by atomic mass is 16.5. The first-order valence-corrected chi connectivity index (χ1v) is 16.2. The van der Waals surface area contributed by atoms with Gasteiger partial charge in [-0.2, -0.15) is 0 Å². The van der Waals surface area contributed by atoms with E-state index in [-0.39, 0.29) is 24.7 Å². The molecule has 13 heteroatoms. The van der Waals surface area contributed by atoms with Gasteiger partial charge in [0.05, 0.1) is 33.7 Å². The van der Waals surface area contributed by atoms with Crippen molar-refractivity contribution in [3.05, 3.63) is 77.9 Å². The SMILES string of the molecule is COc1ccc(CC(NC(=O)Cc2cccc(Oc3ccccc3)c2)C(=O)NC(C(=O)NC(CC(C)C)B(O)O)C(C)C)c(OC)c1OC. The molecule has 12 nitrogen and oxygen atoms in total. The van der Waals surface area contributed by atoms with Gasteiger partial charge in [-0.25, -0.2) is 0 Å². The van der Waals surface area contributed by atoms with E-state index in [9.17, 15) is 24.4 Å². The topological polar surface area (TPSA) is 165 Å². The van der Waals surface area contributed by atoms with Crippen LogP contribution in [0, 0.1) is 11.8 Å². The van der Waals surface area contributed by atoms with Crippen molar-refractivity contribution in [2.24, 2.45) is 11.8 Å². The zero-order chi connectivity index (χ0) is 36.1. The largest absolute Gasteiger partial charge is 0.493 e. The van der Waals surface area contributed by atoms with Crippen LogP contribution in [0.4, 0.5) is 0 Å². The normalized spacial score (nSPS) is 12.8. The Morgan fingerprint density at radius 1 is 0.755 bits per heavy atom. The molecule has 264 valence electrons. The third-order valence-corrected chi connectivity index (χ3v) is 7.76. The molecule has 0 saturated carbocycles. The zero-order valence-corrected chi connectivity index (χ0v) is 29.2. The van der Waals surface area contributed by atoms with Gasteiger partial charge in [0, 0.05) is 12.0 Å². The zero-order valence-electron chi connectivity index (χ0n) is 29.2. The van der Waals surface area contributed by atoms with Crippen LogP contribution in [-0.4, -0.2) is 74.2 Å². The van der Waals surface area contributed by atoms with Crippen molar-refractivity contribution in [2.45, 2.75) is 65.0 Å². The van der Waals surface area contributed by atoms with E-state index < -0.39 is 42.9 Å². The second-order valence-corrected chi connectivity index (χ2v) is 12.4. The highest BCUT2D eigenvalue weighted by Gasteiger charge is 2.33. The standard InChI is InChI=1S/C36H48BN3O9/c1-22(2)18-30(37(44)45)39-36(43)32(23(3)4)40-35(42)28(21-25-16-17-29(46-5)34(48-7)33(25)47-6)38-31(41)20-24-12-11-15-27(19-24)49-26-13-9-8-10-14-26/h8-17,19,22-23,28,30,32,44-45H,18,20-21H2,1-7H3,(H,38,41)(H,39,43)(H,40,42). The summed E-state index contributed by atoms with van der Waals surface area (Å²) in [6, 6.07) is 17.5. The average Bonchev–Trinajstić information content (AvgIpc) is 3.06. The number of methoxy groups -OCH3 is 3. The van der Waals surface area contributed by atoms with E-state index in [4.69, 9.17) is 18.9 Å². The molecule has 49 heavy (non-hydrogen) atoms. The van der Waals surface area contributed by atoms with Gasteiger partial charge in [0.15, 0.2) is 11.5 Å². The molecule has 0 radical (unpaired) electrons. The molecule has 3 aromatic rings. The number of carbonyl (C=O) groups excluding carboxylic acids is 3. The maximum Gasteiger partial charge on any atom is 0.475 e. The van der Waals surface area contributed by atoms with Crippen molar-refractivity contribution in [1.82, 2.24) is 16.0 Å². The van der Waals surface area contributed by atoms with Crippen LogP contribution in [0.25, 0.3) is 0 Å². The lowest BCUT2D eigenvalue weighted by Crippen LogP contribution is -2.59. The van der Waals surface area contributed by atoms with Crippen molar-refractivity contribution in [3.63, 3.8) is 0 Å². The van der Waals surface area contributed by atoms with Crippen molar-refractivity contribution in [3.8, 4) is 28.7 Å². The maximum atomic E-state index is 14.0. The molecule has 0 aromatic heterocycles. The van der Waals surface area contributed by atoms with E-state index in [1.54, 1.807) is 50.2 Å². The van der Waals surface area contributed by atoms with Crippen LogP contribution in [0.5, 0.6) is 28.7 Å². The fourth-order valence-corrected chi connectivity index (χ4v) is 5.35. The maximum absolute atomic E-state index is 14.0. The molecular formula is C36H48BN3O9. The first-order valence-electron chi connectivity index (χ1n) is 16.2. The van der Waals surface area contributed by atoms with Crippen LogP contribution in [0.3, 0.4) is 0 Å². The molecule has 0 saturated heterocycles. The summed E-state index contributed by atoms with van der Waals surface area (Å²) >= 11 is 0. The summed E-state index contributed by atoms with van der Waals surface area (Å²) in [6.45, 7) is 7.30. The summed E-state index contributed by atoms with van der Waals surface area (Å²) in [7, 11) is 2.64. The monoisotopic (exact) mass is 677 g/mol. The molecule has 3 unspecified atom stereocenters. The fourth-order valence-electron chi connectivity index (χ4n) is 5.35. The van der Waals surface area contributed by atoms with Gasteiger partial charge in [0.1, 0.15) is 23.6 Å². The molecular weight excluding hydrogens is 629 g/mol. The van der Waals surface area contributed by atoms with Crippen LogP contribution in [0.15, 0.2) is 66.7 Å². The first-order chi connectivity index (χ1) is 23.4. The average molecular weight is 678 g/mol. The molecule has 0 aliphatic rings. The molecule has 0 bridgehead atoms. The van der Waals surface area contributed by atoms with Crippen molar-refractivity contribution in [1.29, 1.82) is 0 Å². The summed E-state index contributed by atoms with van der Waals surface area (Å²) in [6.07, 6.45) is 0.242. The molecule has 0 fully saturated rings. The molecule has 3 rings (SSSR count). The van der Waals surface area contributed by atoms with Crippen molar-refractivity contribution in [2.75, 3.05) is 21.3 Å². The summed E-state index contributed by atoms with van der Waals surface area (Å²) in [4.78, 5) is 40.8. The molecule has 3 atom stereocenters. The van der Waals surface area contributed by atoms with Gasteiger partial charge < -0.3 is 44.9 Å². The summed E-state index contributed by atoms with van der Waals surface area (Å²) in [5.74, 6) is -0.609. The number of carbonyl (C=O) groups is 3. The van der Waals surface area contributed by atoms with E-state index in [2.05, 4.69) is 16.0 Å². The lowest BCUT2D eigenvalue weighted by Gasteiger charge is -2.28. The Morgan fingerprint density at radius 2 is 1.43 bits per heavy atom. The minimum absolute atomic E-state index is 0.0178. The summed E-state index contributed by atoms with van der Waals surface area (Å²) < 4.78 is 22.5. The van der Waals surface area contributed by atoms with E-state index in [0.717, 1.165) is 0 Å². The number of amides is 3. The van der Waals surface area contributed by atoms with Crippen LogP contribution < -0.4 is 34.9 Å². The minimum atomic E-state index is -1.78. The third kappa shape index (κ3) is 11.4. The van der Waals surface area contributed by atoms with Gasteiger partial charge in [-0.15, -0.1) is 0 Å². The molecule has 3 aromatic carbocycles. The molecule has 0 aliphatic heterocycles. The van der Waals surface area contributed by atoms with Crippen LogP contribution in [-0.2, 0) is 27.2 Å². The first kappa shape index (κ1) is 38.7. The lowest BCUT2D eigenvalue weighted by atomic mass is 9.75. The predicted molar refractivity (Wildman–Crippen MR) is 187 cm³/mol. The Balaban J connectivity index is 1.88. The number of nitrogens with one attached hydrogen (secondary N) is 3. The van der Waals surface area contributed by atoms with Crippen LogP contribution in [0.1, 0.15) is 45.2 Å². The second kappa shape index (κ2) is 18.7. The molecule has 3 amide bonds. The number of rotatable bonds is 18. The van der Waals surface area contributed by atoms with Crippen LogP contribution >= 0.6 is 0 Å². The van der Waals surface area contributed by atoms with Gasteiger partial charge in [-0.1, -0.05) is 64.1 Å². The van der Waals surface area contributed by atoms with Gasteiger partial charge in [0.25, 0.3) is 0 Å². The predicted octanol–water partition coefficient (Wildman–Crippen LogP) is 3.46. The Kier molecular flexibility index (Phi) is 14.8. The fraction of sp³-hybridized carbons (Fsp3) is 0.417. The number of hydrogen-bond acceptors (Lipinski definition) is 9. The van der Waals surface area contributed by atoms with Crippen molar-refractivity contribution >= 4 is 24.8 Å². The van der Waals surface area contributed by atoms with E-state index in [1.807, 2.05) is 44.2 Å². The molecule has 0 spiro atoms. The van der Waals surface area contributed by atoms with E-state index >= 15 is 0 Å². The molecule has 5 N–H and O–H groups in total.